The molecule has 2 rings (SSSR count). The molecular formula is C16H16ClFN2O2. The molecule has 22 heavy (non-hydrogen) atoms. The molecule has 2 amide bonds. The first-order valence-electron chi connectivity index (χ1n) is 6.66. The molecule has 2 aromatic rings. The standard InChI is InChI=1S/C16H16ClFN2O2/c1-10(11-3-5-12(17)6-4-11)19-16(21)20-13-7-8-15(22-2)14(18)9-13/h3-10H,1-2H3,(H2,19,20,21). The third kappa shape index (κ3) is 4.11. The first-order valence-corrected chi connectivity index (χ1v) is 7.04. The fourth-order valence-corrected chi connectivity index (χ4v) is 2.07. The molecule has 0 saturated carbocycles. The molecule has 1 unspecified atom stereocenters. The molecular weight excluding hydrogens is 307 g/mol. The van der Waals surface area contributed by atoms with Gasteiger partial charge in [-0.25, -0.2) is 9.18 Å². The Morgan fingerprint density at radius 2 is 1.91 bits per heavy atom. The minimum atomic E-state index is -0.536. The Labute approximate surface area is 133 Å². The smallest absolute Gasteiger partial charge is 0.319 e. The zero-order valence-corrected chi connectivity index (χ0v) is 12.9. The molecule has 0 aliphatic heterocycles. The highest BCUT2D eigenvalue weighted by Gasteiger charge is 2.11. The van der Waals surface area contributed by atoms with Crippen LogP contribution in [0.4, 0.5) is 14.9 Å². The van der Waals surface area contributed by atoms with Crippen molar-refractivity contribution in [3.8, 4) is 5.75 Å². The van der Waals surface area contributed by atoms with Crippen LogP contribution >= 0.6 is 11.6 Å². The number of carbonyl (C=O) groups excluding carboxylic acids is 1. The summed E-state index contributed by atoms with van der Waals surface area (Å²) in [6.45, 7) is 1.84. The predicted octanol–water partition coefficient (Wildman–Crippen LogP) is 4.37. The van der Waals surface area contributed by atoms with Crippen molar-refractivity contribution in [1.82, 2.24) is 5.32 Å². The van der Waals surface area contributed by atoms with E-state index in [9.17, 15) is 9.18 Å². The van der Waals surface area contributed by atoms with E-state index < -0.39 is 11.8 Å². The van der Waals surface area contributed by atoms with E-state index in [0.717, 1.165) is 5.56 Å². The van der Waals surface area contributed by atoms with Crippen molar-refractivity contribution >= 4 is 23.3 Å². The highest BCUT2D eigenvalue weighted by Crippen LogP contribution is 2.21. The lowest BCUT2D eigenvalue weighted by Gasteiger charge is -2.15. The van der Waals surface area contributed by atoms with Crippen LogP contribution in [0.2, 0.25) is 5.02 Å². The first-order chi connectivity index (χ1) is 10.5. The van der Waals surface area contributed by atoms with Crippen LogP contribution in [0.15, 0.2) is 42.5 Å². The zero-order chi connectivity index (χ0) is 16.1. The van der Waals surface area contributed by atoms with E-state index in [2.05, 4.69) is 10.6 Å². The van der Waals surface area contributed by atoms with Gasteiger partial charge in [0.05, 0.1) is 13.2 Å². The summed E-state index contributed by atoms with van der Waals surface area (Å²) in [4.78, 5) is 11.9. The summed E-state index contributed by atoms with van der Waals surface area (Å²) in [5, 5.41) is 5.97. The Hall–Kier alpha value is -2.27. The third-order valence-electron chi connectivity index (χ3n) is 3.13. The Balaban J connectivity index is 1.97. The van der Waals surface area contributed by atoms with Gasteiger partial charge in [0.15, 0.2) is 11.6 Å². The van der Waals surface area contributed by atoms with Crippen LogP contribution in [-0.2, 0) is 0 Å². The quantitative estimate of drug-likeness (QED) is 0.878. The summed E-state index contributed by atoms with van der Waals surface area (Å²) in [5.41, 5.74) is 1.26. The van der Waals surface area contributed by atoms with Crippen molar-refractivity contribution in [3.05, 3.63) is 58.9 Å². The number of methoxy groups -OCH3 is 1. The Morgan fingerprint density at radius 3 is 2.50 bits per heavy atom. The summed E-state index contributed by atoms with van der Waals surface area (Å²) < 4.78 is 18.4. The van der Waals surface area contributed by atoms with Crippen molar-refractivity contribution in [3.63, 3.8) is 0 Å². The molecule has 0 fully saturated rings. The number of anilines is 1. The average Bonchev–Trinajstić information content (AvgIpc) is 2.48. The van der Waals surface area contributed by atoms with Crippen molar-refractivity contribution in [2.24, 2.45) is 0 Å². The van der Waals surface area contributed by atoms with Crippen LogP contribution in [0.3, 0.4) is 0 Å². The number of carbonyl (C=O) groups is 1. The second-order valence-electron chi connectivity index (χ2n) is 4.72. The summed E-state index contributed by atoms with van der Waals surface area (Å²) in [7, 11) is 1.38. The predicted molar refractivity (Wildman–Crippen MR) is 85.0 cm³/mol. The van der Waals surface area contributed by atoms with E-state index in [1.165, 1.54) is 19.2 Å². The fourth-order valence-electron chi connectivity index (χ4n) is 1.94. The fraction of sp³-hybridized carbons (Fsp3) is 0.188. The van der Waals surface area contributed by atoms with Crippen molar-refractivity contribution in [2.75, 3.05) is 12.4 Å². The van der Waals surface area contributed by atoms with Gasteiger partial charge in [-0.1, -0.05) is 23.7 Å². The topological polar surface area (TPSA) is 50.4 Å². The number of nitrogens with one attached hydrogen (secondary N) is 2. The van der Waals surface area contributed by atoms with Crippen LogP contribution in [-0.4, -0.2) is 13.1 Å². The van der Waals surface area contributed by atoms with Gasteiger partial charge in [0.25, 0.3) is 0 Å². The second kappa shape index (κ2) is 7.13. The number of ether oxygens (including phenoxy) is 1. The Bertz CT molecular complexity index is 662. The maximum Gasteiger partial charge on any atom is 0.319 e. The van der Waals surface area contributed by atoms with Crippen LogP contribution in [0.5, 0.6) is 5.75 Å². The zero-order valence-electron chi connectivity index (χ0n) is 12.2. The molecule has 0 bridgehead atoms. The van der Waals surface area contributed by atoms with E-state index in [4.69, 9.17) is 16.3 Å². The molecule has 0 radical (unpaired) electrons. The maximum absolute atomic E-state index is 13.6. The van der Waals surface area contributed by atoms with E-state index in [1.807, 2.05) is 19.1 Å². The third-order valence-corrected chi connectivity index (χ3v) is 3.38. The number of benzene rings is 2. The van der Waals surface area contributed by atoms with Gasteiger partial charge >= 0.3 is 6.03 Å². The minimum Gasteiger partial charge on any atom is -0.494 e. The van der Waals surface area contributed by atoms with Gasteiger partial charge in [0.1, 0.15) is 0 Å². The normalized spacial score (nSPS) is 11.6. The minimum absolute atomic E-state index is 0.125. The van der Waals surface area contributed by atoms with Crippen LogP contribution in [0.1, 0.15) is 18.5 Å². The van der Waals surface area contributed by atoms with Crippen molar-refractivity contribution < 1.29 is 13.9 Å². The molecule has 0 heterocycles. The van der Waals surface area contributed by atoms with Gasteiger partial charge in [0.2, 0.25) is 0 Å². The molecule has 6 heteroatoms. The van der Waals surface area contributed by atoms with Gasteiger partial charge in [-0.2, -0.15) is 0 Å². The summed E-state index contributed by atoms with van der Waals surface area (Å²) in [6.07, 6.45) is 0. The van der Waals surface area contributed by atoms with E-state index in [-0.39, 0.29) is 11.8 Å². The summed E-state index contributed by atoms with van der Waals surface area (Å²) in [5.74, 6) is -0.411. The number of amides is 2. The number of rotatable bonds is 4. The SMILES string of the molecule is COc1ccc(NC(=O)NC(C)c2ccc(Cl)cc2)cc1F. The van der Waals surface area contributed by atoms with Crippen LogP contribution < -0.4 is 15.4 Å². The summed E-state index contributed by atoms with van der Waals surface area (Å²) >= 11 is 5.82. The van der Waals surface area contributed by atoms with Crippen LogP contribution in [0, 0.1) is 5.82 Å². The van der Waals surface area contributed by atoms with Gasteiger partial charge in [-0.3, -0.25) is 0 Å². The molecule has 4 nitrogen and oxygen atoms in total. The number of hydrogen-bond donors (Lipinski definition) is 2. The molecule has 1 atom stereocenters. The highest BCUT2D eigenvalue weighted by molar-refractivity contribution is 6.30. The van der Waals surface area contributed by atoms with Gasteiger partial charge < -0.3 is 15.4 Å². The maximum atomic E-state index is 13.6. The molecule has 0 aromatic heterocycles. The average molecular weight is 323 g/mol. The van der Waals surface area contributed by atoms with Gasteiger partial charge in [0, 0.05) is 16.8 Å². The second-order valence-corrected chi connectivity index (χ2v) is 5.16. The monoisotopic (exact) mass is 322 g/mol. The van der Waals surface area contributed by atoms with Crippen molar-refractivity contribution in [1.29, 1.82) is 0 Å². The molecule has 2 aromatic carbocycles. The lowest BCUT2D eigenvalue weighted by atomic mass is 10.1. The van der Waals surface area contributed by atoms with Gasteiger partial charge in [-0.15, -0.1) is 0 Å². The lowest BCUT2D eigenvalue weighted by molar-refractivity contribution is 0.249. The molecule has 0 saturated heterocycles. The molecule has 0 aliphatic carbocycles. The molecule has 2 N–H and O–H groups in total. The van der Waals surface area contributed by atoms with E-state index in [1.54, 1.807) is 18.2 Å². The van der Waals surface area contributed by atoms with E-state index >= 15 is 0 Å². The van der Waals surface area contributed by atoms with E-state index in [0.29, 0.717) is 10.7 Å². The summed E-state index contributed by atoms with van der Waals surface area (Å²) in [6, 6.07) is 10.8. The molecule has 116 valence electrons. The highest BCUT2D eigenvalue weighted by atomic mass is 35.5. The number of hydrogen-bond acceptors (Lipinski definition) is 2. The van der Waals surface area contributed by atoms with Crippen LogP contribution in [0.25, 0.3) is 0 Å². The lowest BCUT2D eigenvalue weighted by Crippen LogP contribution is -2.31. The number of urea groups is 1. The van der Waals surface area contributed by atoms with Crippen molar-refractivity contribution in [2.45, 2.75) is 13.0 Å². The Kier molecular flexibility index (Phi) is 5.22. The molecule has 0 spiro atoms. The largest absolute Gasteiger partial charge is 0.494 e. The first kappa shape index (κ1) is 16.1. The Morgan fingerprint density at radius 1 is 1.23 bits per heavy atom. The van der Waals surface area contributed by atoms with Gasteiger partial charge in [-0.05, 0) is 36.8 Å². The molecule has 0 aliphatic rings. The number of halogens is 2.